The summed E-state index contributed by atoms with van der Waals surface area (Å²) in [5, 5.41) is 2.20. The van der Waals surface area contributed by atoms with Gasteiger partial charge in [0.2, 0.25) is 0 Å². The molecule has 0 radical (unpaired) electrons. The van der Waals surface area contributed by atoms with Gasteiger partial charge in [-0.25, -0.2) is 4.79 Å². The molecule has 4 nitrogen and oxygen atoms in total. The van der Waals surface area contributed by atoms with Crippen LogP contribution in [-0.4, -0.2) is 22.3 Å². The number of esters is 1. The first-order valence-electron chi connectivity index (χ1n) is 6.16. The molecular formula is C15H12Cl3NO3. The monoisotopic (exact) mass is 359 g/mol. The molecule has 1 rings (SSSR count). The summed E-state index contributed by atoms with van der Waals surface area (Å²) >= 11 is 16.3. The Labute approximate surface area is 143 Å². The standard InChI is InChI=1S/C15H12Cl3NO3/c1-2-22-13(20)12(10-19-14(21)15(16,17)18)9-8-11-6-4-3-5-7-11/h3-7,10H,2H2,1H3,(H,19,21)/b12-10+. The topological polar surface area (TPSA) is 55.4 Å². The van der Waals surface area contributed by atoms with Crippen LogP contribution >= 0.6 is 34.8 Å². The first kappa shape index (κ1) is 18.4. The molecule has 22 heavy (non-hydrogen) atoms. The Bertz CT molecular complexity index is 625. The molecule has 0 fully saturated rings. The van der Waals surface area contributed by atoms with E-state index in [0.717, 1.165) is 6.20 Å². The minimum atomic E-state index is -2.14. The third kappa shape index (κ3) is 6.40. The van der Waals surface area contributed by atoms with E-state index in [1.165, 1.54) is 0 Å². The van der Waals surface area contributed by atoms with Gasteiger partial charge >= 0.3 is 5.97 Å². The van der Waals surface area contributed by atoms with Crippen molar-refractivity contribution < 1.29 is 14.3 Å². The maximum absolute atomic E-state index is 11.8. The van der Waals surface area contributed by atoms with Crippen LogP contribution in [0.3, 0.4) is 0 Å². The lowest BCUT2D eigenvalue weighted by Crippen LogP contribution is -2.31. The summed E-state index contributed by atoms with van der Waals surface area (Å²) in [6, 6.07) is 9.00. The second kappa shape index (κ2) is 8.70. The lowest BCUT2D eigenvalue weighted by molar-refractivity contribution is -0.138. The van der Waals surface area contributed by atoms with E-state index in [2.05, 4.69) is 17.2 Å². The third-order valence-electron chi connectivity index (χ3n) is 2.22. The Morgan fingerprint density at radius 1 is 1.27 bits per heavy atom. The molecular weight excluding hydrogens is 349 g/mol. The normalized spacial score (nSPS) is 11.2. The van der Waals surface area contributed by atoms with Crippen molar-refractivity contribution in [1.29, 1.82) is 0 Å². The molecule has 1 amide bonds. The minimum Gasteiger partial charge on any atom is -0.462 e. The van der Waals surface area contributed by atoms with Crippen molar-refractivity contribution in [3.05, 3.63) is 47.7 Å². The fourth-order valence-corrected chi connectivity index (χ4v) is 1.40. The van der Waals surface area contributed by atoms with E-state index in [9.17, 15) is 9.59 Å². The Morgan fingerprint density at radius 3 is 2.45 bits per heavy atom. The number of carbonyl (C=O) groups excluding carboxylic acids is 2. The van der Waals surface area contributed by atoms with Crippen LogP contribution in [0.5, 0.6) is 0 Å². The van der Waals surface area contributed by atoms with Crippen molar-refractivity contribution in [2.24, 2.45) is 0 Å². The number of ether oxygens (including phenoxy) is 1. The van der Waals surface area contributed by atoms with Gasteiger partial charge in [-0.1, -0.05) is 64.8 Å². The summed E-state index contributed by atoms with van der Waals surface area (Å²) in [6.07, 6.45) is 1.05. The highest BCUT2D eigenvalue weighted by molar-refractivity contribution is 6.76. The van der Waals surface area contributed by atoms with Crippen LogP contribution in [0.25, 0.3) is 0 Å². The van der Waals surface area contributed by atoms with Crippen LogP contribution in [-0.2, 0) is 14.3 Å². The second-order valence-electron chi connectivity index (χ2n) is 3.87. The van der Waals surface area contributed by atoms with Crippen molar-refractivity contribution in [3.63, 3.8) is 0 Å². The van der Waals surface area contributed by atoms with Crippen LogP contribution in [0.4, 0.5) is 0 Å². The van der Waals surface area contributed by atoms with Gasteiger partial charge in [-0.15, -0.1) is 0 Å². The molecule has 0 aromatic heterocycles. The summed E-state index contributed by atoms with van der Waals surface area (Å²) in [7, 11) is 0. The minimum absolute atomic E-state index is 0.0618. The Kier molecular flexibility index (Phi) is 7.26. The van der Waals surface area contributed by atoms with Gasteiger partial charge in [0.15, 0.2) is 0 Å². The number of alkyl halides is 3. The molecule has 0 heterocycles. The fourth-order valence-electron chi connectivity index (χ4n) is 1.24. The van der Waals surface area contributed by atoms with Gasteiger partial charge in [-0.05, 0) is 19.1 Å². The van der Waals surface area contributed by atoms with E-state index in [1.54, 1.807) is 19.1 Å². The lowest BCUT2D eigenvalue weighted by Gasteiger charge is -2.08. The molecule has 116 valence electrons. The van der Waals surface area contributed by atoms with E-state index < -0.39 is 15.7 Å². The van der Waals surface area contributed by atoms with Crippen LogP contribution in [0.15, 0.2) is 42.1 Å². The predicted octanol–water partition coefficient (Wildman–Crippen LogP) is 2.97. The van der Waals surface area contributed by atoms with Crippen molar-refractivity contribution in [2.45, 2.75) is 10.7 Å². The molecule has 0 aliphatic heterocycles. The highest BCUT2D eigenvalue weighted by Gasteiger charge is 2.30. The Balaban J connectivity index is 2.97. The number of halogens is 3. The lowest BCUT2D eigenvalue weighted by atomic mass is 10.2. The second-order valence-corrected chi connectivity index (χ2v) is 6.15. The van der Waals surface area contributed by atoms with Gasteiger partial charge in [0.1, 0.15) is 5.57 Å². The van der Waals surface area contributed by atoms with Gasteiger partial charge in [-0.3, -0.25) is 4.79 Å². The average molecular weight is 361 g/mol. The first-order chi connectivity index (χ1) is 10.3. The summed E-state index contributed by atoms with van der Waals surface area (Å²) in [4.78, 5) is 23.3. The maximum Gasteiger partial charge on any atom is 0.348 e. The smallest absolute Gasteiger partial charge is 0.348 e. The van der Waals surface area contributed by atoms with Crippen LogP contribution in [0.2, 0.25) is 0 Å². The van der Waals surface area contributed by atoms with Crippen LogP contribution in [0, 0.1) is 11.8 Å². The fraction of sp³-hybridized carbons (Fsp3) is 0.200. The van der Waals surface area contributed by atoms with Gasteiger partial charge in [0.05, 0.1) is 6.61 Å². The number of carbonyl (C=O) groups is 2. The van der Waals surface area contributed by atoms with Crippen molar-refractivity contribution in [3.8, 4) is 11.8 Å². The van der Waals surface area contributed by atoms with E-state index in [1.807, 2.05) is 18.2 Å². The van der Waals surface area contributed by atoms with Gasteiger partial charge in [0.25, 0.3) is 9.70 Å². The van der Waals surface area contributed by atoms with Crippen molar-refractivity contribution in [2.75, 3.05) is 6.61 Å². The highest BCUT2D eigenvalue weighted by Crippen LogP contribution is 2.25. The molecule has 0 bridgehead atoms. The molecule has 0 saturated heterocycles. The molecule has 0 unspecified atom stereocenters. The Morgan fingerprint density at radius 2 is 1.91 bits per heavy atom. The molecule has 0 aliphatic rings. The molecule has 7 heteroatoms. The summed E-state index contributed by atoms with van der Waals surface area (Å²) in [6.45, 7) is 1.82. The SMILES string of the molecule is CCOC(=O)/C(C#Cc1ccccc1)=C/NC(=O)C(Cl)(Cl)Cl. The zero-order valence-corrected chi connectivity index (χ0v) is 13.8. The quantitative estimate of drug-likeness (QED) is 0.390. The Hall–Kier alpha value is -1.67. The number of nitrogens with one attached hydrogen (secondary N) is 1. The number of benzene rings is 1. The van der Waals surface area contributed by atoms with Crippen molar-refractivity contribution >= 4 is 46.7 Å². The number of amides is 1. The van der Waals surface area contributed by atoms with Crippen LogP contribution < -0.4 is 5.32 Å². The zero-order valence-electron chi connectivity index (χ0n) is 11.5. The van der Waals surface area contributed by atoms with Gasteiger partial charge in [-0.2, -0.15) is 0 Å². The largest absolute Gasteiger partial charge is 0.462 e. The third-order valence-corrected chi connectivity index (χ3v) is 2.73. The van der Waals surface area contributed by atoms with Crippen LogP contribution in [0.1, 0.15) is 12.5 Å². The molecule has 0 saturated carbocycles. The summed E-state index contributed by atoms with van der Waals surface area (Å²) < 4.78 is 2.71. The average Bonchev–Trinajstić information content (AvgIpc) is 2.47. The molecule has 0 atom stereocenters. The molecule has 1 aromatic carbocycles. The molecule has 1 aromatic rings. The number of hydrogen-bond donors (Lipinski definition) is 1. The van der Waals surface area contributed by atoms with Gasteiger partial charge in [0, 0.05) is 11.8 Å². The maximum atomic E-state index is 11.8. The highest BCUT2D eigenvalue weighted by atomic mass is 35.6. The van der Waals surface area contributed by atoms with Crippen molar-refractivity contribution in [1.82, 2.24) is 5.32 Å². The molecule has 0 aliphatic carbocycles. The number of rotatable bonds is 3. The van der Waals surface area contributed by atoms with E-state index in [-0.39, 0.29) is 12.2 Å². The summed E-state index contributed by atoms with van der Waals surface area (Å²) in [5.41, 5.74) is 0.638. The van der Waals surface area contributed by atoms with E-state index in [4.69, 9.17) is 39.5 Å². The zero-order chi connectivity index (χ0) is 16.6. The summed E-state index contributed by atoms with van der Waals surface area (Å²) in [5.74, 6) is 3.81. The first-order valence-corrected chi connectivity index (χ1v) is 7.30. The number of hydrogen-bond acceptors (Lipinski definition) is 3. The van der Waals surface area contributed by atoms with E-state index in [0.29, 0.717) is 5.56 Å². The van der Waals surface area contributed by atoms with Gasteiger partial charge < -0.3 is 10.1 Å². The predicted molar refractivity (Wildman–Crippen MR) is 86.5 cm³/mol. The molecule has 0 spiro atoms. The molecule has 1 N–H and O–H groups in total. The van der Waals surface area contributed by atoms with E-state index >= 15 is 0 Å².